The third-order valence-electron chi connectivity index (χ3n) is 4.08. The van der Waals surface area contributed by atoms with Crippen LogP contribution in [0.4, 0.5) is 0 Å². The van der Waals surface area contributed by atoms with Crippen molar-refractivity contribution in [1.29, 1.82) is 0 Å². The molecule has 0 bridgehead atoms. The topological polar surface area (TPSA) is 56.1 Å². The van der Waals surface area contributed by atoms with E-state index in [9.17, 15) is 4.79 Å². The van der Waals surface area contributed by atoms with Gasteiger partial charge in [-0.2, -0.15) is 0 Å². The van der Waals surface area contributed by atoms with Crippen molar-refractivity contribution in [2.24, 2.45) is 0 Å². The quantitative estimate of drug-likeness (QED) is 0.774. The summed E-state index contributed by atoms with van der Waals surface area (Å²) in [6.07, 6.45) is 4.25. The number of ether oxygens (including phenoxy) is 1. The third kappa shape index (κ3) is 4.73. The Morgan fingerprint density at radius 1 is 1.43 bits per heavy atom. The Hall–Kier alpha value is -1.01. The molecule has 5 nitrogen and oxygen atoms in total. The summed E-state index contributed by atoms with van der Waals surface area (Å²) in [6.45, 7) is 12.0. The van der Waals surface area contributed by atoms with Crippen molar-refractivity contribution in [2.45, 2.75) is 75.9 Å². The van der Waals surface area contributed by atoms with E-state index in [1.807, 2.05) is 13.1 Å². The molecule has 1 amide bonds. The highest BCUT2D eigenvalue weighted by atomic mass is 32.2. The van der Waals surface area contributed by atoms with Crippen molar-refractivity contribution in [1.82, 2.24) is 14.9 Å². The number of nitrogens with one attached hydrogen (secondary N) is 1. The van der Waals surface area contributed by atoms with Gasteiger partial charge in [-0.15, -0.1) is 0 Å². The fraction of sp³-hybridized carbons (Fsp3) is 0.765. The zero-order valence-electron chi connectivity index (χ0n) is 14.8. The number of hydrogen-bond donors (Lipinski definition) is 1. The Labute approximate surface area is 143 Å². The molecule has 0 unspecified atom stereocenters. The van der Waals surface area contributed by atoms with Gasteiger partial charge in [0.05, 0.1) is 11.4 Å². The summed E-state index contributed by atoms with van der Waals surface area (Å²) < 4.78 is 7.78. The number of imidazole rings is 1. The first-order chi connectivity index (χ1) is 10.9. The number of nitrogens with zero attached hydrogens (tertiary/aromatic N) is 2. The summed E-state index contributed by atoms with van der Waals surface area (Å²) in [5, 5.41) is 3.75. The van der Waals surface area contributed by atoms with E-state index in [4.69, 9.17) is 4.74 Å². The summed E-state index contributed by atoms with van der Waals surface area (Å²) in [4.78, 5) is 16.8. The maximum absolute atomic E-state index is 12.3. The van der Waals surface area contributed by atoms with E-state index in [-0.39, 0.29) is 17.3 Å². The highest BCUT2D eigenvalue weighted by Crippen LogP contribution is 2.29. The smallest absolute Gasteiger partial charge is 0.233 e. The van der Waals surface area contributed by atoms with Crippen molar-refractivity contribution in [3.8, 4) is 0 Å². The molecule has 0 aliphatic carbocycles. The molecular weight excluding hydrogens is 310 g/mol. The molecule has 1 fully saturated rings. The number of rotatable bonds is 7. The van der Waals surface area contributed by atoms with Gasteiger partial charge in [0.15, 0.2) is 5.16 Å². The van der Waals surface area contributed by atoms with Crippen LogP contribution in [-0.2, 0) is 9.53 Å². The largest absolute Gasteiger partial charge is 0.376 e. The molecule has 1 N–H and O–H groups in total. The monoisotopic (exact) mass is 339 g/mol. The van der Waals surface area contributed by atoms with Gasteiger partial charge in [0.25, 0.3) is 0 Å². The van der Waals surface area contributed by atoms with Gasteiger partial charge in [-0.1, -0.05) is 25.6 Å². The zero-order valence-corrected chi connectivity index (χ0v) is 15.7. The number of aromatic nitrogens is 2. The molecule has 0 spiro atoms. The molecule has 1 saturated heterocycles. The molecule has 6 heteroatoms. The van der Waals surface area contributed by atoms with Crippen LogP contribution in [0.25, 0.3) is 0 Å². The third-order valence-corrected chi connectivity index (χ3v) is 5.16. The minimum Gasteiger partial charge on any atom is -0.376 e. The SMILES string of the molecule is CC(C)c1cnc(S[C@@H](C)C(=O)NC[C@H]2CCCO2)n1C(C)C. The fourth-order valence-corrected chi connectivity index (χ4v) is 3.81. The summed E-state index contributed by atoms with van der Waals surface area (Å²) in [6, 6.07) is 0.333. The Kier molecular flexibility index (Phi) is 6.53. The molecule has 1 aromatic rings. The van der Waals surface area contributed by atoms with Crippen LogP contribution >= 0.6 is 11.8 Å². The van der Waals surface area contributed by atoms with Gasteiger partial charge in [0.2, 0.25) is 5.91 Å². The second-order valence-electron chi connectivity index (χ2n) is 6.72. The first-order valence-electron chi connectivity index (χ1n) is 8.53. The van der Waals surface area contributed by atoms with E-state index in [2.05, 4.69) is 42.6 Å². The molecule has 2 heterocycles. The number of hydrogen-bond acceptors (Lipinski definition) is 4. The maximum atomic E-state index is 12.3. The lowest BCUT2D eigenvalue weighted by atomic mass is 10.1. The molecular formula is C17H29N3O2S. The Morgan fingerprint density at radius 2 is 2.17 bits per heavy atom. The molecule has 23 heavy (non-hydrogen) atoms. The van der Waals surface area contributed by atoms with E-state index in [1.165, 1.54) is 17.5 Å². The summed E-state index contributed by atoms with van der Waals surface area (Å²) in [5.74, 6) is 0.470. The van der Waals surface area contributed by atoms with E-state index in [0.29, 0.717) is 18.5 Å². The number of carbonyl (C=O) groups is 1. The first kappa shape index (κ1) is 18.3. The second kappa shape index (κ2) is 8.20. The average Bonchev–Trinajstić information content (AvgIpc) is 3.13. The van der Waals surface area contributed by atoms with E-state index in [0.717, 1.165) is 24.6 Å². The predicted molar refractivity (Wildman–Crippen MR) is 94.0 cm³/mol. The lowest BCUT2D eigenvalue weighted by Gasteiger charge is -2.19. The van der Waals surface area contributed by atoms with Crippen molar-refractivity contribution >= 4 is 17.7 Å². The van der Waals surface area contributed by atoms with E-state index in [1.54, 1.807) is 0 Å². The summed E-state index contributed by atoms with van der Waals surface area (Å²) >= 11 is 1.53. The highest BCUT2D eigenvalue weighted by molar-refractivity contribution is 8.00. The normalized spacial score (nSPS) is 19.5. The average molecular weight is 340 g/mol. The van der Waals surface area contributed by atoms with Gasteiger partial charge in [0.1, 0.15) is 0 Å². The van der Waals surface area contributed by atoms with Gasteiger partial charge in [-0.25, -0.2) is 4.98 Å². The minimum absolute atomic E-state index is 0.0508. The van der Waals surface area contributed by atoms with Crippen molar-refractivity contribution < 1.29 is 9.53 Å². The lowest BCUT2D eigenvalue weighted by Crippen LogP contribution is -2.36. The van der Waals surface area contributed by atoms with Gasteiger partial charge in [-0.05, 0) is 39.5 Å². The van der Waals surface area contributed by atoms with Crippen molar-refractivity contribution in [3.63, 3.8) is 0 Å². The molecule has 0 aromatic carbocycles. The molecule has 1 aliphatic heterocycles. The van der Waals surface area contributed by atoms with Crippen LogP contribution in [0.1, 0.15) is 65.1 Å². The molecule has 2 rings (SSSR count). The van der Waals surface area contributed by atoms with Crippen molar-refractivity contribution in [2.75, 3.05) is 13.2 Å². The molecule has 2 atom stereocenters. The van der Waals surface area contributed by atoms with Gasteiger partial charge in [-0.3, -0.25) is 4.79 Å². The second-order valence-corrected chi connectivity index (χ2v) is 8.03. The fourth-order valence-electron chi connectivity index (χ4n) is 2.76. The number of thioether (sulfide) groups is 1. The van der Waals surface area contributed by atoms with Crippen molar-refractivity contribution in [3.05, 3.63) is 11.9 Å². The summed E-state index contributed by atoms with van der Waals surface area (Å²) in [7, 11) is 0. The summed E-state index contributed by atoms with van der Waals surface area (Å²) in [5.41, 5.74) is 1.22. The number of carbonyl (C=O) groups excluding carboxylic acids is 1. The molecule has 1 aromatic heterocycles. The highest BCUT2D eigenvalue weighted by Gasteiger charge is 2.22. The van der Waals surface area contributed by atoms with Crippen LogP contribution in [0.15, 0.2) is 11.4 Å². The van der Waals surface area contributed by atoms with Crippen LogP contribution < -0.4 is 5.32 Å². The molecule has 0 saturated carbocycles. The van der Waals surface area contributed by atoms with Crippen LogP contribution in [0, 0.1) is 0 Å². The zero-order chi connectivity index (χ0) is 17.0. The van der Waals surface area contributed by atoms with E-state index < -0.39 is 0 Å². The maximum Gasteiger partial charge on any atom is 0.233 e. The van der Waals surface area contributed by atoms with Crippen LogP contribution in [0.2, 0.25) is 0 Å². The van der Waals surface area contributed by atoms with E-state index >= 15 is 0 Å². The Balaban J connectivity index is 1.96. The molecule has 0 radical (unpaired) electrons. The van der Waals surface area contributed by atoms with Gasteiger partial charge in [0, 0.05) is 31.1 Å². The van der Waals surface area contributed by atoms with Crippen LogP contribution in [-0.4, -0.2) is 40.0 Å². The van der Waals surface area contributed by atoms with Gasteiger partial charge >= 0.3 is 0 Å². The van der Waals surface area contributed by atoms with Crippen LogP contribution in [0.5, 0.6) is 0 Å². The minimum atomic E-state index is -0.170. The first-order valence-corrected chi connectivity index (χ1v) is 9.41. The standard InChI is InChI=1S/C17H29N3O2S/c1-11(2)15-10-19-17(20(15)12(3)4)23-13(5)16(21)18-9-14-7-6-8-22-14/h10-14H,6-9H2,1-5H3,(H,18,21)/t13-,14+/m0/s1. The Bertz CT molecular complexity index is 522. The number of amides is 1. The lowest BCUT2D eigenvalue weighted by molar-refractivity contribution is -0.120. The molecule has 1 aliphatic rings. The Morgan fingerprint density at radius 3 is 2.74 bits per heavy atom. The molecule has 130 valence electrons. The van der Waals surface area contributed by atoms with Crippen LogP contribution in [0.3, 0.4) is 0 Å². The van der Waals surface area contributed by atoms with Gasteiger partial charge < -0.3 is 14.6 Å². The predicted octanol–water partition coefficient (Wildman–Crippen LogP) is 3.36.